The Morgan fingerprint density at radius 1 is 1.27 bits per heavy atom. The van der Waals surface area contributed by atoms with Gasteiger partial charge in [-0.3, -0.25) is 0 Å². The molecule has 0 aliphatic heterocycles. The van der Waals surface area contributed by atoms with Crippen LogP contribution >= 0.6 is 15.9 Å². The highest BCUT2D eigenvalue weighted by atomic mass is 79.9. The van der Waals surface area contributed by atoms with Gasteiger partial charge in [-0.05, 0) is 47.0 Å². The summed E-state index contributed by atoms with van der Waals surface area (Å²) in [7, 11) is 1.67. The van der Waals surface area contributed by atoms with Crippen LogP contribution in [-0.4, -0.2) is 13.2 Å². The first kappa shape index (κ1) is 12.4. The maximum atomic E-state index is 5.18. The average Bonchev–Trinajstić information content (AvgIpc) is 2.18. The highest BCUT2D eigenvalue weighted by Crippen LogP contribution is 2.28. The summed E-state index contributed by atoms with van der Waals surface area (Å²) >= 11 is 3.47. The number of anilines is 1. The lowest BCUT2D eigenvalue weighted by Gasteiger charge is -2.19. The third-order valence-corrected chi connectivity index (χ3v) is 3.17. The molecule has 1 unspecified atom stereocenters. The van der Waals surface area contributed by atoms with Gasteiger partial charge in [-0.25, -0.2) is 0 Å². The molecule has 0 aromatic heterocycles. The van der Waals surface area contributed by atoms with Crippen LogP contribution in [0.25, 0.3) is 0 Å². The van der Waals surface area contributed by atoms with Gasteiger partial charge in [0.25, 0.3) is 0 Å². The minimum Gasteiger partial charge on any atom is -0.496 e. The fraction of sp³-hybridized carbons (Fsp3) is 0.500. The molecule has 1 aromatic rings. The van der Waals surface area contributed by atoms with Crippen LogP contribution in [0, 0.1) is 5.92 Å². The molecule has 3 heteroatoms. The topological polar surface area (TPSA) is 21.3 Å². The van der Waals surface area contributed by atoms with Crippen molar-refractivity contribution in [3.05, 3.63) is 22.7 Å². The molecule has 0 bridgehead atoms. The molecule has 0 saturated carbocycles. The lowest BCUT2D eigenvalue weighted by atomic mass is 10.1. The van der Waals surface area contributed by atoms with E-state index in [4.69, 9.17) is 4.74 Å². The zero-order valence-electron chi connectivity index (χ0n) is 9.67. The van der Waals surface area contributed by atoms with Crippen molar-refractivity contribution >= 4 is 21.6 Å². The third-order valence-electron chi connectivity index (χ3n) is 2.55. The molecular weight excluding hydrogens is 254 g/mol. The summed E-state index contributed by atoms with van der Waals surface area (Å²) in [5.41, 5.74) is 1.11. The minimum atomic E-state index is 0.463. The van der Waals surface area contributed by atoms with E-state index in [9.17, 15) is 0 Å². The van der Waals surface area contributed by atoms with Crippen LogP contribution in [-0.2, 0) is 0 Å². The van der Waals surface area contributed by atoms with Crippen LogP contribution in [0.15, 0.2) is 22.7 Å². The van der Waals surface area contributed by atoms with Crippen LogP contribution in [0.4, 0.5) is 5.69 Å². The van der Waals surface area contributed by atoms with E-state index in [-0.39, 0.29) is 0 Å². The molecule has 0 saturated heterocycles. The Hall–Kier alpha value is -0.700. The Morgan fingerprint density at radius 3 is 2.40 bits per heavy atom. The second kappa shape index (κ2) is 5.40. The Balaban J connectivity index is 2.75. The summed E-state index contributed by atoms with van der Waals surface area (Å²) in [5, 5.41) is 3.45. The minimum absolute atomic E-state index is 0.463. The average molecular weight is 272 g/mol. The van der Waals surface area contributed by atoms with Gasteiger partial charge in [0, 0.05) is 11.7 Å². The van der Waals surface area contributed by atoms with Gasteiger partial charge in [0.2, 0.25) is 0 Å². The summed E-state index contributed by atoms with van der Waals surface area (Å²) in [6, 6.07) is 6.49. The van der Waals surface area contributed by atoms with E-state index in [0.717, 1.165) is 15.9 Å². The zero-order valence-corrected chi connectivity index (χ0v) is 11.3. The van der Waals surface area contributed by atoms with Crippen molar-refractivity contribution in [3.8, 4) is 5.75 Å². The molecular formula is C12H18BrNO. The first-order valence-electron chi connectivity index (χ1n) is 5.14. The smallest absolute Gasteiger partial charge is 0.133 e. The Morgan fingerprint density at radius 2 is 1.93 bits per heavy atom. The number of hydrogen-bond acceptors (Lipinski definition) is 2. The second-order valence-electron chi connectivity index (χ2n) is 4.03. The number of hydrogen-bond donors (Lipinski definition) is 1. The second-order valence-corrected chi connectivity index (χ2v) is 4.88. The van der Waals surface area contributed by atoms with Crippen molar-refractivity contribution in [2.45, 2.75) is 26.8 Å². The Bertz CT molecular complexity index is 325. The van der Waals surface area contributed by atoms with Crippen LogP contribution in [0.3, 0.4) is 0 Å². The van der Waals surface area contributed by atoms with E-state index in [1.165, 1.54) is 0 Å². The normalized spacial score (nSPS) is 12.7. The summed E-state index contributed by atoms with van der Waals surface area (Å²) in [5.74, 6) is 1.48. The number of methoxy groups -OCH3 is 1. The largest absolute Gasteiger partial charge is 0.496 e. The maximum absolute atomic E-state index is 5.18. The van der Waals surface area contributed by atoms with E-state index >= 15 is 0 Å². The fourth-order valence-corrected chi connectivity index (χ4v) is 1.73. The van der Waals surface area contributed by atoms with Crippen LogP contribution in [0.1, 0.15) is 20.8 Å². The number of ether oxygens (including phenoxy) is 1. The molecule has 1 rings (SSSR count). The monoisotopic (exact) mass is 271 g/mol. The number of halogens is 1. The standard InChI is InChI=1S/C12H18BrNO/c1-8(2)9(3)14-10-5-6-12(15-4)11(13)7-10/h5-9,14H,1-4H3. The van der Waals surface area contributed by atoms with E-state index in [1.807, 2.05) is 18.2 Å². The summed E-state index contributed by atoms with van der Waals surface area (Å²) in [6.45, 7) is 6.59. The molecule has 0 aliphatic rings. The maximum Gasteiger partial charge on any atom is 0.133 e. The molecule has 0 fully saturated rings. The van der Waals surface area contributed by atoms with Crippen molar-refractivity contribution < 1.29 is 4.74 Å². The van der Waals surface area contributed by atoms with Crippen molar-refractivity contribution in [2.75, 3.05) is 12.4 Å². The van der Waals surface area contributed by atoms with Crippen molar-refractivity contribution in [3.63, 3.8) is 0 Å². The predicted octanol–water partition coefficient (Wildman–Crippen LogP) is 3.91. The summed E-state index contributed by atoms with van der Waals surface area (Å²) < 4.78 is 6.16. The number of nitrogens with one attached hydrogen (secondary N) is 1. The van der Waals surface area contributed by atoms with Gasteiger partial charge in [-0.2, -0.15) is 0 Å². The molecule has 15 heavy (non-hydrogen) atoms. The fourth-order valence-electron chi connectivity index (χ4n) is 1.19. The Labute approximate surface area is 100 Å². The molecule has 2 nitrogen and oxygen atoms in total. The zero-order chi connectivity index (χ0) is 11.4. The van der Waals surface area contributed by atoms with Crippen LogP contribution < -0.4 is 10.1 Å². The first-order chi connectivity index (χ1) is 7.04. The van der Waals surface area contributed by atoms with E-state index < -0.39 is 0 Å². The summed E-state index contributed by atoms with van der Waals surface area (Å²) in [6.07, 6.45) is 0. The van der Waals surface area contributed by atoms with Gasteiger partial charge in [-0.1, -0.05) is 13.8 Å². The van der Waals surface area contributed by atoms with E-state index in [1.54, 1.807) is 7.11 Å². The van der Waals surface area contributed by atoms with Gasteiger partial charge in [0.15, 0.2) is 0 Å². The number of rotatable bonds is 4. The van der Waals surface area contributed by atoms with Gasteiger partial charge < -0.3 is 10.1 Å². The van der Waals surface area contributed by atoms with Crippen LogP contribution in [0.2, 0.25) is 0 Å². The van der Waals surface area contributed by atoms with Gasteiger partial charge in [-0.15, -0.1) is 0 Å². The molecule has 0 spiro atoms. The highest BCUT2D eigenvalue weighted by molar-refractivity contribution is 9.10. The lowest BCUT2D eigenvalue weighted by molar-refractivity contribution is 0.412. The van der Waals surface area contributed by atoms with Gasteiger partial charge in [0.1, 0.15) is 5.75 Å². The first-order valence-corrected chi connectivity index (χ1v) is 5.94. The van der Waals surface area contributed by atoms with Crippen LogP contribution in [0.5, 0.6) is 5.75 Å². The highest BCUT2D eigenvalue weighted by Gasteiger charge is 2.07. The molecule has 0 aliphatic carbocycles. The molecule has 84 valence electrons. The number of benzene rings is 1. The predicted molar refractivity (Wildman–Crippen MR) is 68.6 cm³/mol. The lowest BCUT2D eigenvalue weighted by Crippen LogP contribution is -2.21. The van der Waals surface area contributed by atoms with Crippen molar-refractivity contribution in [1.29, 1.82) is 0 Å². The van der Waals surface area contributed by atoms with Gasteiger partial charge in [0.05, 0.1) is 11.6 Å². The molecule has 0 radical (unpaired) electrons. The quantitative estimate of drug-likeness (QED) is 0.897. The van der Waals surface area contributed by atoms with E-state index in [0.29, 0.717) is 12.0 Å². The molecule has 1 N–H and O–H groups in total. The molecule has 0 amide bonds. The molecule has 1 aromatic carbocycles. The van der Waals surface area contributed by atoms with Gasteiger partial charge >= 0.3 is 0 Å². The summed E-state index contributed by atoms with van der Waals surface area (Å²) in [4.78, 5) is 0. The molecule has 1 atom stereocenters. The van der Waals surface area contributed by atoms with Crippen molar-refractivity contribution in [2.24, 2.45) is 5.92 Å². The Kier molecular flexibility index (Phi) is 4.45. The molecule has 0 heterocycles. The van der Waals surface area contributed by atoms with E-state index in [2.05, 4.69) is 42.0 Å². The third kappa shape index (κ3) is 3.42. The SMILES string of the molecule is COc1ccc(NC(C)C(C)C)cc1Br. The van der Waals surface area contributed by atoms with Crippen molar-refractivity contribution in [1.82, 2.24) is 0 Å².